The van der Waals surface area contributed by atoms with Crippen molar-refractivity contribution in [3.05, 3.63) is 17.0 Å². The van der Waals surface area contributed by atoms with E-state index in [0.717, 1.165) is 42.7 Å². The molecular weight excluding hydrogens is 308 g/mol. The van der Waals surface area contributed by atoms with Crippen LogP contribution in [0.2, 0.25) is 0 Å². The Morgan fingerprint density at radius 3 is 2.67 bits per heavy atom. The molecule has 1 aromatic rings. The first kappa shape index (κ1) is 17.0. The summed E-state index contributed by atoms with van der Waals surface area (Å²) in [4.78, 5) is 26.4. The van der Waals surface area contributed by atoms with Crippen molar-refractivity contribution in [3.8, 4) is 0 Å². The van der Waals surface area contributed by atoms with Gasteiger partial charge in [0.1, 0.15) is 11.8 Å². The number of nitrogens with zero attached hydrogens (tertiary/aromatic N) is 2. The van der Waals surface area contributed by atoms with Crippen LogP contribution in [0.4, 0.5) is 0 Å². The van der Waals surface area contributed by atoms with Crippen molar-refractivity contribution in [2.24, 2.45) is 5.92 Å². The molecule has 3 atom stereocenters. The molecule has 132 valence electrons. The van der Waals surface area contributed by atoms with Crippen LogP contribution in [0.5, 0.6) is 0 Å². The summed E-state index contributed by atoms with van der Waals surface area (Å²) in [5.41, 5.74) is 1.67. The molecule has 1 saturated carbocycles. The highest BCUT2D eigenvalue weighted by atomic mass is 16.5. The van der Waals surface area contributed by atoms with E-state index in [1.54, 1.807) is 4.90 Å². The summed E-state index contributed by atoms with van der Waals surface area (Å²) in [6.07, 6.45) is 6.35. The summed E-state index contributed by atoms with van der Waals surface area (Å²) < 4.78 is 5.34. The van der Waals surface area contributed by atoms with Gasteiger partial charge >= 0.3 is 5.97 Å². The standard InChI is InChI=1S/C18H26N2O4/c1-3-13-12(16(4-2)24-19-13)10-17(21)20-14-8-6-5-7-11(14)9-15(20)18(22)23/h11,14-15H,3-10H2,1-2H3,(H,22,23)/t11-,14+,15-/m0/s1. The van der Waals surface area contributed by atoms with E-state index in [0.29, 0.717) is 25.2 Å². The van der Waals surface area contributed by atoms with Gasteiger partial charge in [0.25, 0.3) is 0 Å². The summed E-state index contributed by atoms with van der Waals surface area (Å²) in [6.45, 7) is 3.96. The van der Waals surface area contributed by atoms with E-state index in [4.69, 9.17) is 4.52 Å². The molecule has 0 aromatic carbocycles. The molecule has 1 aromatic heterocycles. The summed E-state index contributed by atoms with van der Waals surface area (Å²) in [7, 11) is 0. The first-order valence-electron chi connectivity index (χ1n) is 9.07. The summed E-state index contributed by atoms with van der Waals surface area (Å²) in [5.74, 6) is 0.105. The SMILES string of the molecule is CCc1noc(CC)c1CC(=O)N1[C@@H]2CCCC[C@H]2C[C@H]1C(=O)O. The van der Waals surface area contributed by atoms with Crippen molar-refractivity contribution in [2.45, 2.75) is 77.3 Å². The normalized spacial score (nSPS) is 26.4. The first-order chi connectivity index (χ1) is 11.6. The van der Waals surface area contributed by atoms with E-state index in [-0.39, 0.29) is 18.4 Å². The average Bonchev–Trinajstić information content (AvgIpc) is 3.15. The lowest BCUT2D eigenvalue weighted by atomic mass is 9.84. The van der Waals surface area contributed by atoms with Crippen molar-refractivity contribution in [2.75, 3.05) is 0 Å². The number of carbonyl (C=O) groups is 2. The number of aliphatic carboxylic acids is 1. The molecule has 2 fully saturated rings. The Balaban J connectivity index is 1.84. The second-order valence-corrected chi connectivity index (χ2v) is 6.92. The number of carboxylic acids is 1. The van der Waals surface area contributed by atoms with Crippen molar-refractivity contribution in [1.82, 2.24) is 10.1 Å². The third kappa shape index (κ3) is 2.94. The minimum Gasteiger partial charge on any atom is -0.480 e. The maximum atomic E-state index is 13.0. The predicted octanol–water partition coefficient (Wildman–Crippen LogP) is 2.59. The van der Waals surface area contributed by atoms with Crippen LogP contribution in [0, 0.1) is 5.92 Å². The van der Waals surface area contributed by atoms with Gasteiger partial charge in [-0.3, -0.25) is 4.79 Å². The second kappa shape index (κ2) is 6.95. The highest BCUT2D eigenvalue weighted by Gasteiger charge is 2.47. The van der Waals surface area contributed by atoms with E-state index in [1.807, 2.05) is 13.8 Å². The van der Waals surface area contributed by atoms with Gasteiger partial charge in [0.2, 0.25) is 5.91 Å². The molecule has 0 unspecified atom stereocenters. The number of amides is 1. The number of fused-ring (bicyclic) bond motifs is 1. The zero-order valence-corrected chi connectivity index (χ0v) is 14.5. The first-order valence-corrected chi connectivity index (χ1v) is 9.07. The van der Waals surface area contributed by atoms with Gasteiger partial charge in [-0.1, -0.05) is 31.8 Å². The molecule has 1 saturated heterocycles. The smallest absolute Gasteiger partial charge is 0.326 e. The topological polar surface area (TPSA) is 83.6 Å². The van der Waals surface area contributed by atoms with E-state index in [2.05, 4.69) is 5.16 Å². The number of carbonyl (C=O) groups excluding carboxylic acids is 1. The lowest BCUT2D eigenvalue weighted by Crippen LogP contribution is -2.47. The lowest BCUT2D eigenvalue weighted by molar-refractivity contribution is -0.149. The maximum absolute atomic E-state index is 13.0. The quantitative estimate of drug-likeness (QED) is 0.895. The number of carboxylic acid groups (broad SMARTS) is 1. The van der Waals surface area contributed by atoms with Crippen LogP contribution in [0.1, 0.15) is 63.0 Å². The van der Waals surface area contributed by atoms with Crippen molar-refractivity contribution in [3.63, 3.8) is 0 Å². The van der Waals surface area contributed by atoms with Gasteiger partial charge in [-0.05, 0) is 31.6 Å². The number of aromatic nitrogens is 1. The fourth-order valence-electron chi connectivity index (χ4n) is 4.42. The molecule has 6 nitrogen and oxygen atoms in total. The minimum absolute atomic E-state index is 0.0855. The molecule has 1 N–H and O–H groups in total. The Morgan fingerprint density at radius 1 is 1.25 bits per heavy atom. The molecule has 2 aliphatic rings. The van der Waals surface area contributed by atoms with Gasteiger partial charge in [-0.2, -0.15) is 0 Å². The summed E-state index contributed by atoms with van der Waals surface area (Å²) in [6, 6.07) is -0.594. The van der Waals surface area contributed by atoms with Gasteiger partial charge in [0.05, 0.1) is 12.1 Å². The molecule has 24 heavy (non-hydrogen) atoms. The highest BCUT2D eigenvalue weighted by molar-refractivity contribution is 5.86. The van der Waals surface area contributed by atoms with Gasteiger partial charge in [-0.25, -0.2) is 4.79 Å². The van der Waals surface area contributed by atoms with Crippen LogP contribution in [0.3, 0.4) is 0 Å². The highest BCUT2D eigenvalue weighted by Crippen LogP contribution is 2.40. The Hall–Kier alpha value is -1.85. The molecule has 2 heterocycles. The number of hydrogen-bond acceptors (Lipinski definition) is 4. The number of hydrogen-bond donors (Lipinski definition) is 1. The fourth-order valence-corrected chi connectivity index (χ4v) is 4.42. The number of aryl methyl sites for hydroxylation is 2. The van der Waals surface area contributed by atoms with Gasteiger partial charge in [0, 0.05) is 18.0 Å². The zero-order chi connectivity index (χ0) is 17.3. The number of rotatable bonds is 5. The van der Waals surface area contributed by atoms with Crippen molar-refractivity contribution < 1.29 is 19.2 Å². The second-order valence-electron chi connectivity index (χ2n) is 6.92. The molecule has 1 aliphatic carbocycles. The molecule has 1 aliphatic heterocycles. The van der Waals surface area contributed by atoms with Crippen LogP contribution in [-0.2, 0) is 28.9 Å². The Morgan fingerprint density at radius 2 is 2.00 bits per heavy atom. The van der Waals surface area contributed by atoms with E-state index < -0.39 is 12.0 Å². The molecule has 1 amide bonds. The van der Waals surface area contributed by atoms with E-state index in [1.165, 1.54) is 0 Å². The maximum Gasteiger partial charge on any atom is 0.326 e. The number of likely N-dealkylation sites (tertiary alicyclic amines) is 1. The van der Waals surface area contributed by atoms with Crippen molar-refractivity contribution >= 4 is 11.9 Å². The van der Waals surface area contributed by atoms with Crippen LogP contribution in [-0.4, -0.2) is 39.1 Å². The Bertz CT molecular complexity index is 603. The van der Waals surface area contributed by atoms with Gasteiger partial charge in [-0.15, -0.1) is 0 Å². The zero-order valence-electron chi connectivity index (χ0n) is 14.5. The average molecular weight is 334 g/mol. The van der Waals surface area contributed by atoms with E-state index >= 15 is 0 Å². The molecule has 0 spiro atoms. The van der Waals surface area contributed by atoms with Crippen LogP contribution < -0.4 is 0 Å². The molecular formula is C18H26N2O4. The summed E-state index contributed by atoms with van der Waals surface area (Å²) >= 11 is 0. The van der Waals surface area contributed by atoms with Gasteiger partial charge < -0.3 is 14.5 Å². The third-order valence-electron chi connectivity index (χ3n) is 5.60. The molecule has 0 bridgehead atoms. The largest absolute Gasteiger partial charge is 0.480 e. The predicted molar refractivity (Wildman–Crippen MR) is 87.6 cm³/mol. The lowest BCUT2D eigenvalue weighted by Gasteiger charge is -2.33. The van der Waals surface area contributed by atoms with Gasteiger partial charge in [0.15, 0.2) is 0 Å². The van der Waals surface area contributed by atoms with E-state index in [9.17, 15) is 14.7 Å². The molecule has 6 heteroatoms. The van der Waals surface area contributed by atoms with Crippen LogP contribution in [0.25, 0.3) is 0 Å². The molecule has 3 rings (SSSR count). The summed E-state index contributed by atoms with van der Waals surface area (Å²) in [5, 5.41) is 13.6. The minimum atomic E-state index is -0.880. The monoisotopic (exact) mass is 334 g/mol. The van der Waals surface area contributed by atoms with Crippen LogP contribution >= 0.6 is 0 Å². The van der Waals surface area contributed by atoms with Crippen LogP contribution in [0.15, 0.2) is 4.52 Å². The Labute approximate surface area is 142 Å². The molecule has 0 radical (unpaired) electrons. The fraction of sp³-hybridized carbons (Fsp3) is 0.722. The van der Waals surface area contributed by atoms with Crippen molar-refractivity contribution in [1.29, 1.82) is 0 Å². The Kier molecular flexibility index (Phi) is 4.92. The third-order valence-corrected chi connectivity index (χ3v) is 5.60.